The molecule has 1 aromatic rings. The Labute approximate surface area is 131 Å². The van der Waals surface area contributed by atoms with Crippen LogP contribution in [0.5, 0.6) is 0 Å². The number of hydrogen-bond acceptors (Lipinski definition) is 4. The molecule has 118 valence electrons. The molecule has 1 amide bonds. The SMILES string of the molecule is Cc1ccc(C(=O)NCC(C)CN(C)C)cc1[N+](=O)[O-].Cl. The fourth-order valence-electron chi connectivity index (χ4n) is 2.00. The fraction of sp³-hybridized carbons (Fsp3) is 0.500. The molecular weight excluding hydrogens is 294 g/mol. The summed E-state index contributed by atoms with van der Waals surface area (Å²) >= 11 is 0. The van der Waals surface area contributed by atoms with Gasteiger partial charge in [-0.1, -0.05) is 13.0 Å². The van der Waals surface area contributed by atoms with E-state index < -0.39 is 4.92 Å². The summed E-state index contributed by atoms with van der Waals surface area (Å²) < 4.78 is 0. The van der Waals surface area contributed by atoms with Crippen molar-refractivity contribution in [3.8, 4) is 0 Å². The first-order valence-electron chi connectivity index (χ1n) is 6.49. The van der Waals surface area contributed by atoms with Crippen LogP contribution in [0.2, 0.25) is 0 Å². The second-order valence-electron chi connectivity index (χ2n) is 5.34. The molecule has 1 atom stereocenters. The number of benzene rings is 1. The van der Waals surface area contributed by atoms with E-state index in [4.69, 9.17) is 0 Å². The first-order chi connectivity index (χ1) is 9.31. The molecule has 0 bridgehead atoms. The van der Waals surface area contributed by atoms with Crippen LogP contribution in [0.3, 0.4) is 0 Å². The number of carbonyl (C=O) groups is 1. The van der Waals surface area contributed by atoms with E-state index in [2.05, 4.69) is 5.32 Å². The molecule has 0 radical (unpaired) electrons. The highest BCUT2D eigenvalue weighted by Gasteiger charge is 2.15. The van der Waals surface area contributed by atoms with Crippen LogP contribution in [-0.4, -0.2) is 42.9 Å². The minimum Gasteiger partial charge on any atom is -0.352 e. The lowest BCUT2D eigenvalue weighted by molar-refractivity contribution is -0.385. The van der Waals surface area contributed by atoms with Crippen molar-refractivity contribution >= 4 is 24.0 Å². The molecule has 1 aromatic carbocycles. The average molecular weight is 316 g/mol. The lowest BCUT2D eigenvalue weighted by Gasteiger charge is -2.17. The van der Waals surface area contributed by atoms with Gasteiger partial charge in [0.1, 0.15) is 0 Å². The smallest absolute Gasteiger partial charge is 0.273 e. The van der Waals surface area contributed by atoms with Gasteiger partial charge in [0.15, 0.2) is 0 Å². The Bertz CT molecular complexity index is 506. The number of nitro benzene ring substituents is 1. The van der Waals surface area contributed by atoms with Gasteiger partial charge in [-0.15, -0.1) is 12.4 Å². The van der Waals surface area contributed by atoms with Gasteiger partial charge in [-0.2, -0.15) is 0 Å². The fourth-order valence-corrected chi connectivity index (χ4v) is 2.00. The summed E-state index contributed by atoms with van der Waals surface area (Å²) in [5, 5.41) is 13.7. The van der Waals surface area contributed by atoms with Crippen molar-refractivity contribution in [3.05, 3.63) is 39.4 Å². The third-order valence-electron chi connectivity index (χ3n) is 2.96. The number of halogens is 1. The molecular formula is C14H22ClN3O3. The van der Waals surface area contributed by atoms with Crippen LogP contribution in [0.25, 0.3) is 0 Å². The van der Waals surface area contributed by atoms with Crippen LogP contribution in [0.1, 0.15) is 22.8 Å². The van der Waals surface area contributed by atoms with E-state index in [0.29, 0.717) is 23.6 Å². The molecule has 0 spiro atoms. The Morgan fingerprint density at radius 2 is 2.05 bits per heavy atom. The maximum Gasteiger partial charge on any atom is 0.273 e. The average Bonchev–Trinajstić information content (AvgIpc) is 2.35. The standard InChI is InChI=1S/C14H21N3O3.ClH/c1-10(9-16(3)4)8-15-14(18)12-6-5-11(2)13(7-12)17(19)20;/h5-7,10H,8-9H2,1-4H3,(H,15,18);1H. The first kappa shape index (κ1) is 19.3. The number of aryl methyl sites for hydroxylation is 1. The quantitative estimate of drug-likeness (QED) is 0.645. The predicted molar refractivity (Wildman–Crippen MR) is 85.1 cm³/mol. The maximum absolute atomic E-state index is 12.0. The number of nitrogens with one attached hydrogen (secondary N) is 1. The van der Waals surface area contributed by atoms with Crippen molar-refractivity contribution < 1.29 is 9.72 Å². The summed E-state index contributed by atoms with van der Waals surface area (Å²) in [6.07, 6.45) is 0. The zero-order valence-corrected chi connectivity index (χ0v) is 13.6. The van der Waals surface area contributed by atoms with Gasteiger partial charge >= 0.3 is 0 Å². The van der Waals surface area contributed by atoms with Gasteiger partial charge in [-0.3, -0.25) is 14.9 Å². The summed E-state index contributed by atoms with van der Waals surface area (Å²) in [7, 11) is 3.95. The minimum atomic E-state index is -0.471. The lowest BCUT2D eigenvalue weighted by Crippen LogP contribution is -2.32. The summed E-state index contributed by atoms with van der Waals surface area (Å²) in [4.78, 5) is 24.4. The van der Waals surface area contributed by atoms with Gasteiger partial charge < -0.3 is 10.2 Å². The number of hydrogen-bond donors (Lipinski definition) is 1. The molecule has 21 heavy (non-hydrogen) atoms. The van der Waals surface area contributed by atoms with E-state index in [1.165, 1.54) is 6.07 Å². The van der Waals surface area contributed by atoms with Crippen molar-refractivity contribution in [3.63, 3.8) is 0 Å². The van der Waals surface area contributed by atoms with Gasteiger partial charge in [0, 0.05) is 30.3 Å². The maximum atomic E-state index is 12.0. The Morgan fingerprint density at radius 1 is 1.43 bits per heavy atom. The Hall–Kier alpha value is -1.66. The van der Waals surface area contributed by atoms with E-state index in [1.54, 1.807) is 19.1 Å². The number of rotatable bonds is 6. The van der Waals surface area contributed by atoms with E-state index in [-0.39, 0.29) is 24.0 Å². The van der Waals surface area contributed by atoms with E-state index in [0.717, 1.165) is 6.54 Å². The zero-order valence-electron chi connectivity index (χ0n) is 12.8. The number of carbonyl (C=O) groups excluding carboxylic acids is 1. The molecule has 0 aromatic heterocycles. The van der Waals surface area contributed by atoms with Crippen molar-refractivity contribution in [2.45, 2.75) is 13.8 Å². The van der Waals surface area contributed by atoms with Crippen LogP contribution in [0.15, 0.2) is 18.2 Å². The highest BCUT2D eigenvalue weighted by molar-refractivity contribution is 5.94. The lowest BCUT2D eigenvalue weighted by atomic mass is 10.1. The number of nitro groups is 1. The summed E-state index contributed by atoms with van der Waals surface area (Å²) in [6, 6.07) is 4.52. The largest absolute Gasteiger partial charge is 0.352 e. The second kappa shape index (κ2) is 8.59. The molecule has 0 saturated carbocycles. The van der Waals surface area contributed by atoms with Crippen LogP contribution in [0.4, 0.5) is 5.69 Å². The molecule has 1 unspecified atom stereocenters. The van der Waals surface area contributed by atoms with Crippen molar-refractivity contribution in [1.82, 2.24) is 10.2 Å². The van der Waals surface area contributed by atoms with Gasteiger partial charge in [-0.05, 0) is 33.0 Å². The highest BCUT2D eigenvalue weighted by atomic mass is 35.5. The topological polar surface area (TPSA) is 75.5 Å². The Kier molecular flexibility index (Phi) is 7.91. The van der Waals surface area contributed by atoms with Gasteiger partial charge in [0.05, 0.1) is 4.92 Å². The third-order valence-corrected chi connectivity index (χ3v) is 2.96. The van der Waals surface area contributed by atoms with E-state index in [1.807, 2.05) is 25.9 Å². The summed E-state index contributed by atoms with van der Waals surface area (Å²) in [6.45, 7) is 5.10. The van der Waals surface area contributed by atoms with Crippen molar-refractivity contribution in [1.29, 1.82) is 0 Å². The van der Waals surface area contributed by atoms with Crippen LogP contribution >= 0.6 is 12.4 Å². The van der Waals surface area contributed by atoms with Gasteiger partial charge in [0.25, 0.3) is 11.6 Å². The molecule has 0 aliphatic heterocycles. The third kappa shape index (κ3) is 6.10. The summed E-state index contributed by atoms with van der Waals surface area (Å²) in [5.74, 6) is 0.0353. The Morgan fingerprint density at radius 3 is 2.57 bits per heavy atom. The van der Waals surface area contributed by atoms with Gasteiger partial charge in [0.2, 0.25) is 0 Å². The monoisotopic (exact) mass is 315 g/mol. The molecule has 0 heterocycles. The van der Waals surface area contributed by atoms with Gasteiger partial charge in [-0.25, -0.2) is 0 Å². The zero-order chi connectivity index (χ0) is 15.3. The van der Waals surface area contributed by atoms with Crippen molar-refractivity contribution in [2.75, 3.05) is 27.2 Å². The highest BCUT2D eigenvalue weighted by Crippen LogP contribution is 2.19. The Balaban J connectivity index is 0.00000400. The van der Waals surface area contributed by atoms with Crippen LogP contribution in [-0.2, 0) is 0 Å². The number of amides is 1. The van der Waals surface area contributed by atoms with E-state index in [9.17, 15) is 14.9 Å². The normalized spacial score (nSPS) is 11.7. The molecule has 0 saturated heterocycles. The van der Waals surface area contributed by atoms with Crippen LogP contribution in [0, 0.1) is 23.0 Å². The molecule has 7 heteroatoms. The van der Waals surface area contributed by atoms with Crippen molar-refractivity contribution in [2.24, 2.45) is 5.92 Å². The van der Waals surface area contributed by atoms with Crippen LogP contribution < -0.4 is 5.32 Å². The van der Waals surface area contributed by atoms with E-state index >= 15 is 0 Å². The minimum absolute atomic E-state index is 0. The summed E-state index contributed by atoms with van der Waals surface area (Å²) in [5.41, 5.74) is 0.839. The second-order valence-corrected chi connectivity index (χ2v) is 5.34. The molecule has 0 aliphatic rings. The predicted octanol–water partition coefficient (Wildman–Crippen LogP) is 2.25. The first-order valence-corrected chi connectivity index (χ1v) is 6.49. The molecule has 6 nitrogen and oxygen atoms in total. The molecule has 0 aliphatic carbocycles. The number of nitrogens with zero attached hydrogens (tertiary/aromatic N) is 2. The molecule has 0 fully saturated rings. The molecule has 1 N–H and O–H groups in total. The molecule has 1 rings (SSSR count).